The van der Waals surface area contributed by atoms with Crippen molar-refractivity contribution in [2.75, 3.05) is 27.9 Å². The summed E-state index contributed by atoms with van der Waals surface area (Å²) in [6.45, 7) is 1.98. The number of methoxy groups -OCH3 is 3. The van der Waals surface area contributed by atoms with Gasteiger partial charge in [-0.05, 0) is 25.8 Å². The summed E-state index contributed by atoms with van der Waals surface area (Å²) in [6, 6.07) is -1.29. The lowest BCUT2D eigenvalue weighted by atomic mass is 9.83. The Morgan fingerprint density at radius 3 is 2.44 bits per heavy atom. The molecule has 0 saturated carbocycles. The molecule has 0 bridgehead atoms. The van der Waals surface area contributed by atoms with Crippen molar-refractivity contribution in [2.45, 2.75) is 43.5 Å². The monoisotopic (exact) mass is 380 g/mol. The molecular weight excluding hydrogens is 356 g/mol. The first-order valence-corrected chi connectivity index (χ1v) is 8.81. The van der Waals surface area contributed by atoms with Crippen molar-refractivity contribution in [3.8, 4) is 0 Å². The number of nitrogens with zero attached hydrogens (tertiary/aromatic N) is 2. The van der Waals surface area contributed by atoms with Crippen LogP contribution in [0.25, 0.3) is 0 Å². The lowest BCUT2D eigenvalue weighted by molar-refractivity contribution is -0.182. The molecule has 3 aliphatic heterocycles. The summed E-state index contributed by atoms with van der Waals surface area (Å²) in [7, 11) is 3.91. The van der Waals surface area contributed by atoms with Gasteiger partial charge < -0.3 is 24.0 Å². The van der Waals surface area contributed by atoms with Gasteiger partial charge in [-0.3, -0.25) is 14.4 Å². The number of rotatable bonds is 3. The van der Waals surface area contributed by atoms with E-state index in [1.807, 2.05) is 0 Å². The summed E-state index contributed by atoms with van der Waals surface area (Å²) in [4.78, 5) is 53.5. The van der Waals surface area contributed by atoms with Gasteiger partial charge in [0.2, 0.25) is 5.91 Å². The van der Waals surface area contributed by atoms with Gasteiger partial charge in [0.05, 0.1) is 32.2 Å². The third kappa shape index (κ3) is 2.72. The molecule has 0 aliphatic carbocycles. The smallest absolute Gasteiger partial charge is 0.331 e. The van der Waals surface area contributed by atoms with Gasteiger partial charge in [-0.25, -0.2) is 4.79 Å². The molecule has 2 saturated heterocycles. The maximum absolute atomic E-state index is 13.0. The summed E-state index contributed by atoms with van der Waals surface area (Å²) in [5.41, 5.74) is -1.35. The highest BCUT2D eigenvalue weighted by Gasteiger charge is 2.65. The number of carbonyl (C=O) groups is 4. The Labute approximate surface area is 157 Å². The molecule has 0 spiro atoms. The summed E-state index contributed by atoms with van der Waals surface area (Å²) in [5.74, 6) is -2.54. The van der Waals surface area contributed by atoms with Gasteiger partial charge in [0.15, 0.2) is 6.10 Å². The van der Waals surface area contributed by atoms with Crippen LogP contribution in [0, 0.1) is 5.92 Å². The highest BCUT2D eigenvalue weighted by Crippen LogP contribution is 2.46. The molecule has 0 aromatic rings. The number of esters is 2. The van der Waals surface area contributed by atoms with Crippen LogP contribution in [0.15, 0.2) is 12.2 Å². The third-order valence-corrected chi connectivity index (χ3v) is 5.82. The molecule has 9 heteroatoms. The summed E-state index contributed by atoms with van der Waals surface area (Å²) >= 11 is 0. The van der Waals surface area contributed by atoms with E-state index in [1.165, 1.54) is 32.3 Å². The minimum atomic E-state index is -1.35. The van der Waals surface area contributed by atoms with Gasteiger partial charge in [-0.15, -0.1) is 0 Å². The van der Waals surface area contributed by atoms with E-state index in [-0.39, 0.29) is 12.3 Å². The van der Waals surface area contributed by atoms with Crippen LogP contribution < -0.4 is 0 Å². The lowest BCUT2D eigenvalue weighted by Crippen LogP contribution is -2.73. The molecule has 148 valence electrons. The minimum absolute atomic E-state index is 0.0472. The standard InChI is InChI=1S/C18H24N2O7/c1-18(17(24)27-4)9-10(16(23)26-3)12-13-14(25-2)15(22)19(13)8-6-5-7-11(21)20(12)18/h5,7,10,12-14H,6,8-9H2,1-4H3/b7-5-/t10-,12+,13-,14+,18-/m0/s1. The topological polar surface area (TPSA) is 102 Å². The number of ether oxygens (including phenoxy) is 3. The first kappa shape index (κ1) is 19.3. The SMILES string of the molecule is COC(=O)[C@H]1C[C@@](C)(C(=O)OC)N2C(=O)/C=C\CCN3C(=O)[C@H](OC)[C@@H]3[C@@H]12. The number of amides is 2. The van der Waals surface area contributed by atoms with Gasteiger partial charge in [-0.1, -0.05) is 6.08 Å². The van der Waals surface area contributed by atoms with Crippen molar-refractivity contribution in [3.63, 3.8) is 0 Å². The summed E-state index contributed by atoms with van der Waals surface area (Å²) in [5, 5.41) is 0. The number of hydrogen-bond donors (Lipinski definition) is 0. The van der Waals surface area contributed by atoms with E-state index in [9.17, 15) is 19.2 Å². The molecule has 2 amide bonds. The van der Waals surface area contributed by atoms with Gasteiger partial charge in [0.25, 0.3) is 5.91 Å². The van der Waals surface area contributed by atoms with Gasteiger partial charge in [0.1, 0.15) is 5.54 Å². The van der Waals surface area contributed by atoms with Gasteiger partial charge >= 0.3 is 11.9 Å². The Morgan fingerprint density at radius 1 is 1.15 bits per heavy atom. The molecule has 3 rings (SSSR count). The number of hydrogen-bond acceptors (Lipinski definition) is 7. The molecular formula is C18H24N2O7. The zero-order valence-electron chi connectivity index (χ0n) is 15.8. The van der Waals surface area contributed by atoms with E-state index in [0.29, 0.717) is 13.0 Å². The summed E-state index contributed by atoms with van der Waals surface area (Å²) < 4.78 is 15.2. The molecule has 9 nitrogen and oxygen atoms in total. The Balaban J connectivity index is 2.15. The fourth-order valence-electron chi connectivity index (χ4n) is 4.59. The number of β-lactam (4-membered cyclic amide) rings is 1. The second kappa shape index (κ2) is 6.95. The van der Waals surface area contributed by atoms with Crippen LogP contribution in [-0.4, -0.2) is 85.2 Å². The largest absolute Gasteiger partial charge is 0.469 e. The molecule has 2 fully saturated rings. The molecule has 5 atom stereocenters. The Hall–Kier alpha value is -2.42. The van der Waals surface area contributed by atoms with E-state index >= 15 is 0 Å². The number of fused-ring (bicyclic) bond motifs is 3. The van der Waals surface area contributed by atoms with E-state index in [4.69, 9.17) is 14.2 Å². The first-order valence-electron chi connectivity index (χ1n) is 8.81. The van der Waals surface area contributed by atoms with Crippen molar-refractivity contribution < 1.29 is 33.4 Å². The van der Waals surface area contributed by atoms with Crippen LogP contribution in [0.1, 0.15) is 19.8 Å². The van der Waals surface area contributed by atoms with E-state index < -0.39 is 47.5 Å². The third-order valence-electron chi connectivity index (χ3n) is 5.82. The van der Waals surface area contributed by atoms with Crippen LogP contribution in [0.5, 0.6) is 0 Å². The maximum atomic E-state index is 13.0. The lowest BCUT2D eigenvalue weighted by Gasteiger charge is -2.52. The second-order valence-corrected chi connectivity index (χ2v) is 7.17. The first-order chi connectivity index (χ1) is 12.8. The zero-order chi connectivity index (χ0) is 19.9. The molecule has 3 heterocycles. The highest BCUT2D eigenvalue weighted by atomic mass is 16.5. The molecule has 27 heavy (non-hydrogen) atoms. The van der Waals surface area contributed by atoms with Gasteiger partial charge in [0, 0.05) is 13.7 Å². The van der Waals surface area contributed by atoms with Crippen LogP contribution in [-0.2, 0) is 33.4 Å². The number of carbonyl (C=O) groups excluding carboxylic acids is 4. The van der Waals surface area contributed by atoms with Crippen LogP contribution in [0.4, 0.5) is 0 Å². The molecule has 0 N–H and O–H groups in total. The highest BCUT2D eigenvalue weighted by molar-refractivity contribution is 5.97. The predicted molar refractivity (Wildman–Crippen MR) is 91.2 cm³/mol. The Morgan fingerprint density at radius 2 is 1.85 bits per heavy atom. The van der Waals surface area contributed by atoms with E-state index in [2.05, 4.69) is 0 Å². The summed E-state index contributed by atoms with van der Waals surface area (Å²) in [6.07, 6.45) is 2.80. The normalized spacial score (nSPS) is 36.6. The van der Waals surface area contributed by atoms with Crippen molar-refractivity contribution >= 4 is 23.8 Å². The molecule has 3 aliphatic rings. The molecule has 0 aromatic heterocycles. The molecule has 0 aromatic carbocycles. The van der Waals surface area contributed by atoms with Crippen molar-refractivity contribution in [2.24, 2.45) is 5.92 Å². The van der Waals surface area contributed by atoms with E-state index in [0.717, 1.165) is 0 Å². The van der Waals surface area contributed by atoms with Crippen molar-refractivity contribution in [1.29, 1.82) is 0 Å². The van der Waals surface area contributed by atoms with Crippen LogP contribution in [0.3, 0.4) is 0 Å². The van der Waals surface area contributed by atoms with Crippen LogP contribution >= 0.6 is 0 Å². The minimum Gasteiger partial charge on any atom is -0.469 e. The second-order valence-electron chi connectivity index (χ2n) is 7.17. The van der Waals surface area contributed by atoms with Gasteiger partial charge in [-0.2, -0.15) is 0 Å². The predicted octanol–water partition coefficient (Wildman–Crippen LogP) is -0.506. The molecule has 0 unspecified atom stereocenters. The Kier molecular flexibility index (Phi) is 4.98. The van der Waals surface area contributed by atoms with E-state index in [1.54, 1.807) is 17.9 Å². The fourth-order valence-corrected chi connectivity index (χ4v) is 4.59. The van der Waals surface area contributed by atoms with Crippen molar-refractivity contribution in [1.82, 2.24) is 9.80 Å². The quantitative estimate of drug-likeness (QED) is 0.480. The van der Waals surface area contributed by atoms with Crippen LogP contribution in [0.2, 0.25) is 0 Å². The zero-order valence-corrected chi connectivity index (χ0v) is 15.8. The average molecular weight is 380 g/mol. The fraction of sp³-hybridized carbons (Fsp3) is 0.667. The molecule has 0 radical (unpaired) electrons. The average Bonchev–Trinajstić information content (AvgIpc) is 2.99. The maximum Gasteiger partial charge on any atom is 0.331 e. The van der Waals surface area contributed by atoms with Crippen molar-refractivity contribution in [3.05, 3.63) is 12.2 Å². The Bertz CT molecular complexity index is 706.